The summed E-state index contributed by atoms with van der Waals surface area (Å²) in [5.74, 6) is 1.24. The zero-order chi connectivity index (χ0) is 11.8. The van der Waals surface area contributed by atoms with Gasteiger partial charge in [0.1, 0.15) is 0 Å². The summed E-state index contributed by atoms with van der Waals surface area (Å²) < 4.78 is 5.28. The number of hydrogen-bond acceptors (Lipinski definition) is 3. The Morgan fingerprint density at radius 2 is 1.94 bits per heavy atom. The average molecular weight is 228 g/mol. The SMILES string of the molecule is Cc1ccc(-c2cc(N)no2)c2c1CCCC2. The largest absolute Gasteiger partial charge is 0.381 e. The van der Waals surface area contributed by atoms with Gasteiger partial charge in [-0.15, -0.1) is 0 Å². The Morgan fingerprint density at radius 3 is 2.65 bits per heavy atom. The number of anilines is 1. The first-order valence-electron chi connectivity index (χ1n) is 6.09. The van der Waals surface area contributed by atoms with Crippen LogP contribution in [0.15, 0.2) is 22.7 Å². The molecule has 1 aromatic carbocycles. The van der Waals surface area contributed by atoms with Crippen LogP contribution in [0.25, 0.3) is 11.3 Å². The Labute approximate surface area is 101 Å². The van der Waals surface area contributed by atoms with E-state index >= 15 is 0 Å². The third-order valence-corrected chi connectivity index (χ3v) is 3.56. The fourth-order valence-corrected chi connectivity index (χ4v) is 2.69. The van der Waals surface area contributed by atoms with E-state index in [4.69, 9.17) is 10.3 Å². The van der Waals surface area contributed by atoms with Gasteiger partial charge < -0.3 is 10.3 Å². The minimum atomic E-state index is 0.449. The number of aromatic nitrogens is 1. The Balaban J connectivity index is 2.17. The maximum absolute atomic E-state index is 5.62. The molecule has 2 aromatic rings. The summed E-state index contributed by atoms with van der Waals surface area (Å²) in [7, 11) is 0. The lowest BCUT2D eigenvalue weighted by Gasteiger charge is -2.20. The Kier molecular flexibility index (Phi) is 2.39. The van der Waals surface area contributed by atoms with E-state index in [9.17, 15) is 0 Å². The van der Waals surface area contributed by atoms with Crippen molar-refractivity contribution in [3.8, 4) is 11.3 Å². The predicted molar refractivity (Wildman–Crippen MR) is 67.7 cm³/mol. The summed E-state index contributed by atoms with van der Waals surface area (Å²) in [4.78, 5) is 0. The molecule has 3 heteroatoms. The van der Waals surface area contributed by atoms with Crippen LogP contribution in [0.4, 0.5) is 5.82 Å². The van der Waals surface area contributed by atoms with Crippen LogP contribution < -0.4 is 5.73 Å². The van der Waals surface area contributed by atoms with Crippen LogP contribution in [0.2, 0.25) is 0 Å². The number of fused-ring (bicyclic) bond motifs is 1. The smallest absolute Gasteiger partial charge is 0.169 e. The molecule has 2 N–H and O–H groups in total. The maximum atomic E-state index is 5.62. The number of nitrogens with zero attached hydrogens (tertiary/aromatic N) is 1. The number of hydrogen-bond donors (Lipinski definition) is 1. The second-order valence-electron chi connectivity index (χ2n) is 4.71. The first-order valence-corrected chi connectivity index (χ1v) is 6.09. The van der Waals surface area contributed by atoms with E-state index < -0.39 is 0 Å². The van der Waals surface area contributed by atoms with E-state index in [-0.39, 0.29) is 0 Å². The second kappa shape index (κ2) is 3.91. The summed E-state index contributed by atoms with van der Waals surface area (Å²) in [5, 5.41) is 3.77. The van der Waals surface area contributed by atoms with Gasteiger partial charge in [-0.1, -0.05) is 17.3 Å². The monoisotopic (exact) mass is 228 g/mol. The van der Waals surface area contributed by atoms with Gasteiger partial charge in [0, 0.05) is 11.6 Å². The molecule has 17 heavy (non-hydrogen) atoms. The van der Waals surface area contributed by atoms with Crippen LogP contribution in [-0.4, -0.2) is 5.16 Å². The number of rotatable bonds is 1. The zero-order valence-corrected chi connectivity index (χ0v) is 9.99. The fourth-order valence-electron chi connectivity index (χ4n) is 2.69. The van der Waals surface area contributed by atoms with Crippen molar-refractivity contribution in [3.05, 3.63) is 34.9 Å². The lowest BCUT2D eigenvalue weighted by atomic mass is 9.85. The summed E-state index contributed by atoms with van der Waals surface area (Å²) in [6.45, 7) is 2.18. The molecule has 1 aliphatic carbocycles. The van der Waals surface area contributed by atoms with Gasteiger partial charge in [-0.05, 0) is 49.3 Å². The van der Waals surface area contributed by atoms with E-state index in [2.05, 4.69) is 24.2 Å². The summed E-state index contributed by atoms with van der Waals surface area (Å²) in [5.41, 5.74) is 11.1. The van der Waals surface area contributed by atoms with E-state index in [0.29, 0.717) is 5.82 Å². The number of nitrogen functional groups attached to an aromatic ring is 1. The summed E-state index contributed by atoms with van der Waals surface area (Å²) >= 11 is 0. The minimum Gasteiger partial charge on any atom is -0.381 e. The van der Waals surface area contributed by atoms with Crippen LogP contribution >= 0.6 is 0 Å². The molecule has 1 aliphatic rings. The van der Waals surface area contributed by atoms with Crippen molar-refractivity contribution in [2.75, 3.05) is 5.73 Å². The lowest BCUT2D eigenvalue weighted by molar-refractivity contribution is 0.435. The van der Waals surface area contributed by atoms with Gasteiger partial charge in [-0.3, -0.25) is 0 Å². The third kappa shape index (κ3) is 1.71. The normalized spacial score (nSPS) is 14.6. The molecule has 1 aromatic heterocycles. The maximum Gasteiger partial charge on any atom is 0.169 e. The molecular weight excluding hydrogens is 212 g/mol. The predicted octanol–water partition coefficient (Wildman–Crippen LogP) is 3.11. The van der Waals surface area contributed by atoms with Gasteiger partial charge >= 0.3 is 0 Å². The molecule has 0 spiro atoms. The van der Waals surface area contributed by atoms with Gasteiger partial charge in [-0.25, -0.2) is 0 Å². The molecular formula is C14H16N2O. The highest BCUT2D eigenvalue weighted by atomic mass is 16.5. The number of aryl methyl sites for hydroxylation is 1. The molecule has 0 atom stereocenters. The third-order valence-electron chi connectivity index (χ3n) is 3.56. The summed E-state index contributed by atoms with van der Waals surface area (Å²) in [6.07, 6.45) is 4.86. The minimum absolute atomic E-state index is 0.449. The van der Waals surface area contributed by atoms with Crippen molar-refractivity contribution in [2.24, 2.45) is 0 Å². The number of benzene rings is 1. The van der Waals surface area contributed by atoms with Crippen LogP contribution in [0.5, 0.6) is 0 Å². The molecule has 88 valence electrons. The molecule has 3 rings (SSSR count). The van der Waals surface area contributed by atoms with Crippen molar-refractivity contribution >= 4 is 5.82 Å². The van der Waals surface area contributed by atoms with Crippen LogP contribution in [0, 0.1) is 6.92 Å². The standard InChI is InChI=1S/C14H16N2O/c1-9-6-7-12(13-8-14(15)16-17-13)11-5-3-2-4-10(9)11/h6-8H,2-5H2,1H3,(H2,15,16). The number of nitrogens with two attached hydrogens (primary N) is 1. The highest BCUT2D eigenvalue weighted by molar-refractivity contribution is 5.67. The van der Waals surface area contributed by atoms with Gasteiger partial charge in [0.25, 0.3) is 0 Å². The molecule has 0 radical (unpaired) electrons. The molecule has 0 saturated heterocycles. The van der Waals surface area contributed by atoms with E-state index in [1.807, 2.05) is 0 Å². The summed E-state index contributed by atoms with van der Waals surface area (Å²) in [6, 6.07) is 6.09. The van der Waals surface area contributed by atoms with Gasteiger partial charge in [0.05, 0.1) is 0 Å². The molecule has 0 saturated carbocycles. The van der Waals surface area contributed by atoms with Crippen molar-refractivity contribution < 1.29 is 4.52 Å². The molecule has 0 aliphatic heterocycles. The molecule has 0 bridgehead atoms. The quantitative estimate of drug-likeness (QED) is 0.815. The first kappa shape index (κ1) is 10.4. The Morgan fingerprint density at radius 1 is 1.18 bits per heavy atom. The van der Waals surface area contributed by atoms with Crippen LogP contribution in [0.1, 0.15) is 29.5 Å². The van der Waals surface area contributed by atoms with Crippen molar-refractivity contribution in [1.29, 1.82) is 0 Å². The molecule has 0 fully saturated rings. The van der Waals surface area contributed by atoms with Crippen molar-refractivity contribution in [1.82, 2.24) is 5.16 Å². The van der Waals surface area contributed by atoms with E-state index in [0.717, 1.165) is 17.7 Å². The van der Waals surface area contributed by atoms with Gasteiger partial charge in [-0.2, -0.15) is 0 Å². The molecule has 0 unspecified atom stereocenters. The van der Waals surface area contributed by atoms with Crippen molar-refractivity contribution in [2.45, 2.75) is 32.6 Å². The second-order valence-corrected chi connectivity index (χ2v) is 4.71. The highest BCUT2D eigenvalue weighted by Gasteiger charge is 2.18. The van der Waals surface area contributed by atoms with E-state index in [1.165, 1.54) is 36.0 Å². The molecule has 3 nitrogen and oxygen atoms in total. The van der Waals surface area contributed by atoms with Gasteiger partial charge in [0.2, 0.25) is 0 Å². The van der Waals surface area contributed by atoms with Crippen LogP contribution in [-0.2, 0) is 12.8 Å². The topological polar surface area (TPSA) is 52.0 Å². The first-order chi connectivity index (χ1) is 8.25. The molecule has 0 amide bonds. The van der Waals surface area contributed by atoms with E-state index in [1.54, 1.807) is 6.07 Å². The molecule has 1 heterocycles. The zero-order valence-electron chi connectivity index (χ0n) is 9.99. The Hall–Kier alpha value is -1.77. The fraction of sp³-hybridized carbons (Fsp3) is 0.357. The lowest BCUT2D eigenvalue weighted by Crippen LogP contribution is -2.06. The average Bonchev–Trinajstić information content (AvgIpc) is 2.77. The highest BCUT2D eigenvalue weighted by Crippen LogP contribution is 2.33. The Bertz CT molecular complexity index is 557. The van der Waals surface area contributed by atoms with Gasteiger partial charge in [0.15, 0.2) is 11.6 Å². The van der Waals surface area contributed by atoms with Crippen molar-refractivity contribution in [3.63, 3.8) is 0 Å². The van der Waals surface area contributed by atoms with Crippen LogP contribution in [0.3, 0.4) is 0 Å².